The summed E-state index contributed by atoms with van der Waals surface area (Å²) < 4.78 is 12.4. The lowest BCUT2D eigenvalue weighted by molar-refractivity contribution is -0.301. The van der Waals surface area contributed by atoms with E-state index in [1.54, 1.807) is 88.4 Å². The second-order valence-electron chi connectivity index (χ2n) is 27.1. The van der Waals surface area contributed by atoms with Crippen LogP contribution in [0.2, 0.25) is 0 Å². The second kappa shape index (κ2) is 39.7. The van der Waals surface area contributed by atoms with E-state index in [0.717, 1.165) is 0 Å². The number of carbonyl (C=O) groups excluding carboxylic acids is 12. The molecule has 1 aromatic heterocycles. The van der Waals surface area contributed by atoms with Crippen LogP contribution in [0.4, 0.5) is 0 Å². The lowest BCUT2D eigenvalue weighted by Crippen LogP contribution is -2.62. The number of aliphatic hydroxyl groups is 4. The van der Waals surface area contributed by atoms with E-state index < -0.39 is 200 Å². The van der Waals surface area contributed by atoms with Gasteiger partial charge in [0, 0.05) is 44.8 Å². The maximum Gasteiger partial charge on any atom is 0.246 e. The molecule has 0 saturated carbocycles. The van der Waals surface area contributed by atoms with Crippen molar-refractivity contribution in [2.24, 2.45) is 29.0 Å². The summed E-state index contributed by atoms with van der Waals surface area (Å²) in [6.07, 6.45) is -9.35. The van der Waals surface area contributed by atoms with E-state index in [2.05, 4.69) is 58.2 Å². The zero-order valence-corrected chi connectivity index (χ0v) is 59.0. The molecule has 3 aliphatic heterocycles. The summed E-state index contributed by atoms with van der Waals surface area (Å²) in [7, 11) is 0. The van der Waals surface area contributed by atoms with Crippen LogP contribution in [0.15, 0.2) is 91.1 Å². The number of fused-ring (bicyclic) bond motifs is 1. The number of nitrogens with one attached hydrogen (secondary N) is 9. The van der Waals surface area contributed by atoms with Crippen LogP contribution < -0.4 is 65.1 Å². The summed E-state index contributed by atoms with van der Waals surface area (Å²) in [4.78, 5) is 176. The van der Waals surface area contributed by atoms with Crippen molar-refractivity contribution in [3.05, 3.63) is 114 Å². The summed E-state index contributed by atoms with van der Waals surface area (Å²) in [5.74, 6) is -12.8. The Hall–Kier alpha value is -10.0. The molecule has 105 heavy (non-hydrogen) atoms. The van der Waals surface area contributed by atoms with Crippen LogP contribution in [0.5, 0.6) is 5.75 Å². The van der Waals surface area contributed by atoms with Crippen molar-refractivity contribution >= 4 is 70.9 Å². The fourth-order valence-corrected chi connectivity index (χ4v) is 12.3. The van der Waals surface area contributed by atoms with Gasteiger partial charge in [-0.2, -0.15) is 0 Å². The fraction of sp³-hybridized carbons (Fsp3) is 0.543. The van der Waals surface area contributed by atoms with Gasteiger partial charge in [-0.1, -0.05) is 106 Å². The monoisotopic (exact) mass is 1470 g/mol. The number of nitrogens with two attached hydrogens (primary N) is 3. The molecule has 0 radical (unpaired) electrons. The van der Waals surface area contributed by atoms with Crippen LogP contribution in [0.1, 0.15) is 101 Å². The second-order valence-corrected chi connectivity index (χ2v) is 27.1. The van der Waals surface area contributed by atoms with Crippen LogP contribution in [-0.2, 0) is 99.2 Å². The number of hydrogen-bond acceptors (Lipinski definition) is 22. The molecule has 0 unspecified atom stereocenters. The standard InChI is InChI=1S/C70H98N16O19/c1-37(2)29-46-62(96)81-51(32-40-15-9-6-10-16-40)69(103)86-26-12-18-52(86)67(101)80-49(33-42-35-85(84-83-42)27-28-104-70-59(93)58(92)57(91)53(36-87)105-70)64(98)78-47(30-39-13-7-5-8-14-39)63(97)79-50(34-55(73)90)65(99)74-45(23-24-54(72)89)61(95)77-48(31-41-19-21-43(88)22-20-41)66(100)82-56(38(3)4)68(102)75-44(17-11-25-71)60(94)76-46/h5-10,13-16,19-22,35,37-38,44-53,56-59,70,87-88,91-93H,11-12,17-18,23-34,36,71H2,1-4H3,(H2,72,89)(H2,73,90)(H,74,99)(H,75,102)(H,76,94)(H,77,95)(H,78,98)(H,79,97)(H,80,101)(H,81,96)(H,82,100)/t44-,45-,46-,47+,48-,49-,50-,51+,52-,53+,56-,57+,58-,59+,70+/m0/s1. The smallest absolute Gasteiger partial charge is 0.246 e. The molecule has 0 spiro atoms. The first-order valence-corrected chi connectivity index (χ1v) is 35.0. The van der Waals surface area contributed by atoms with Gasteiger partial charge >= 0.3 is 0 Å². The van der Waals surface area contributed by atoms with Crippen molar-refractivity contribution in [1.29, 1.82) is 0 Å². The number of carbonyl (C=O) groups is 12. The molecule has 4 heterocycles. The lowest BCUT2D eigenvalue weighted by atomic mass is 9.99. The predicted molar refractivity (Wildman–Crippen MR) is 372 cm³/mol. The predicted octanol–water partition coefficient (Wildman–Crippen LogP) is -4.98. The Morgan fingerprint density at radius 3 is 1.65 bits per heavy atom. The Kier molecular flexibility index (Phi) is 31.1. The molecule has 3 fully saturated rings. The number of ether oxygens (including phenoxy) is 2. The Labute approximate surface area is 605 Å². The molecule has 35 nitrogen and oxygen atoms in total. The Bertz CT molecular complexity index is 3630. The normalized spacial score (nSPS) is 26.9. The number of rotatable bonds is 24. The van der Waals surface area contributed by atoms with Gasteiger partial charge in [0.1, 0.15) is 90.6 Å². The Morgan fingerprint density at radius 1 is 0.581 bits per heavy atom. The van der Waals surface area contributed by atoms with Gasteiger partial charge in [-0.25, -0.2) is 4.68 Å². The fourth-order valence-electron chi connectivity index (χ4n) is 12.3. The van der Waals surface area contributed by atoms with E-state index in [1.807, 2.05) is 0 Å². The number of benzene rings is 3. The third-order valence-electron chi connectivity index (χ3n) is 18.0. The molecule has 35 heteroatoms. The van der Waals surface area contributed by atoms with Crippen LogP contribution in [0, 0.1) is 11.8 Å². The maximum absolute atomic E-state index is 15.3. The van der Waals surface area contributed by atoms with Crippen molar-refractivity contribution in [3.8, 4) is 5.75 Å². The third kappa shape index (κ3) is 24.5. The van der Waals surface area contributed by atoms with Crippen LogP contribution in [-0.4, -0.2) is 234 Å². The first kappa shape index (κ1) is 82.2. The molecular formula is C70H98N16O19. The Balaban J connectivity index is 1.31. The number of primary amides is 2. The summed E-state index contributed by atoms with van der Waals surface area (Å²) in [5.41, 5.74) is 18.6. The zero-order chi connectivity index (χ0) is 76.6. The molecule has 15 atom stereocenters. The molecule has 3 saturated heterocycles. The summed E-state index contributed by atoms with van der Waals surface area (Å²) in [5, 5.41) is 83.2. The van der Waals surface area contributed by atoms with Gasteiger partial charge in [0.2, 0.25) is 70.9 Å². The zero-order valence-electron chi connectivity index (χ0n) is 59.0. The number of aliphatic hydroxyl groups excluding tert-OH is 4. The molecular weight excluding hydrogens is 1370 g/mol. The molecule has 3 aliphatic rings. The van der Waals surface area contributed by atoms with Crippen LogP contribution >= 0.6 is 0 Å². The lowest BCUT2D eigenvalue weighted by Gasteiger charge is -2.39. The van der Waals surface area contributed by atoms with Gasteiger partial charge in [-0.05, 0) is 85.7 Å². The van der Waals surface area contributed by atoms with Crippen LogP contribution in [0.3, 0.4) is 0 Å². The van der Waals surface area contributed by atoms with E-state index in [1.165, 1.54) is 40.0 Å². The molecule has 572 valence electrons. The molecule has 4 aromatic rings. The van der Waals surface area contributed by atoms with Crippen molar-refractivity contribution < 1.29 is 92.5 Å². The molecule has 0 aliphatic carbocycles. The minimum atomic E-state index is -1.94. The van der Waals surface area contributed by atoms with Gasteiger partial charge in [-0.15, -0.1) is 5.10 Å². The van der Waals surface area contributed by atoms with E-state index in [9.17, 15) is 68.7 Å². The maximum atomic E-state index is 15.3. The van der Waals surface area contributed by atoms with Gasteiger partial charge in [0.15, 0.2) is 6.29 Å². The quantitative estimate of drug-likeness (QED) is 0.0312. The Morgan fingerprint density at radius 2 is 1.08 bits per heavy atom. The third-order valence-corrected chi connectivity index (χ3v) is 18.0. The molecule has 3 aromatic carbocycles. The molecule has 0 bridgehead atoms. The van der Waals surface area contributed by atoms with Crippen molar-refractivity contribution in [1.82, 2.24) is 67.7 Å². The van der Waals surface area contributed by atoms with Gasteiger partial charge in [0.05, 0.1) is 31.9 Å². The first-order valence-electron chi connectivity index (χ1n) is 35.0. The van der Waals surface area contributed by atoms with Crippen molar-refractivity contribution in [2.75, 3.05) is 26.3 Å². The number of aromatic nitrogens is 3. The largest absolute Gasteiger partial charge is 0.508 e. The highest BCUT2D eigenvalue weighted by molar-refractivity contribution is 6.01. The minimum Gasteiger partial charge on any atom is -0.508 e. The summed E-state index contributed by atoms with van der Waals surface area (Å²) in [6.45, 7) is 5.72. The summed E-state index contributed by atoms with van der Waals surface area (Å²) in [6, 6.07) is 6.71. The van der Waals surface area contributed by atoms with Gasteiger partial charge in [-0.3, -0.25) is 57.5 Å². The molecule has 20 N–H and O–H groups in total. The van der Waals surface area contributed by atoms with Gasteiger partial charge < -0.3 is 105 Å². The van der Waals surface area contributed by atoms with Crippen LogP contribution in [0.25, 0.3) is 0 Å². The summed E-state index contributed by atoms with van der Waals surface area (Å²) >= 11 is 0. The number of amides is 12. The number of nitrogens with zero attached hydrogens (tertiary/aromatic N) is 4. The van der Waals surface area contributed by atoms with E-state index in [-0.39, 0.29) is 95.0 Å². The van der Waals surface area contributed by atoms with Crippen molar-refractivity contribution in [2.45, 2.75) is 202 Å². The highest BCUT2D eigenvalue weighted by Crippen LogP contribution is 2.24. The molecule has 12 amide bonds. The van der Waals surface area contributed by atoms with Crippen molar-refractivity contribution in [3.63, 3.8) is 0 Å². The van der Waals surface area contributed by atoms with E-state index >= 15 is 14.4 Å². The van der Waals surface area contributed by atoms with Gasteiger partial charge in [0.25, 0.3) is 0 Å². The van der Waals surface area contributed by atoms with E-state index in [4.69, 9.17) is 26.7 Å². The number of hydrogen-bond donors (Lipinski definition) is 17. The number of aromatic hydroxyl groups is 1. The number of phenolic OH excluding ortho intramolecular Hbond substituents is 1. The highest BCUT2D eigenvalue weighted by Gasteiger charge is 2.45. The SMILES string of the molecule is CC(C)C[C@@H]1NC(=O)[C@H](CCCN)NC(=O)[C@H](C(C)C)NC(=O)[C@H](Cc2ccc(O)cc2)NC(=O)[C@H](CCC(N)=O)NC(=O)[C@H](CC(N)=O)NC(=O)[C@@H](Cc2ccccc2)NC(=O)[C@H](Cc2cn(CCO[C@@H]3O[C@H](CO)[C@@H](O)[C@H](O)[C@H]3O)nn2)NC(=O)[C@@H]2CCCN2C(=O)[C@@H](Cc2ccccc2)NC1=O. The highest BCUT2D eigenvalue weighted by atomic mass is 16.7. The first-order chi connectivity index (χ1) is 50.0. The minimum absolute atomic E-state index is 0.0109. The number of phenols is 1. The molecule has 7 rings (SSSR count). The average molecular weight is 1470 g/mol. The van der Waals surface area contributed by atoms with E-state index in [0.29, 0.717) is 16.7 Å². The topological polar surface area (TPSA) is 545 Å². The average Bonchev–Trinajstić information content (AvgIpc) is 0.890.